The van der Waals surface area contributed by atoms with Crippen LogP contribution in [0.15, 0.2) is 29.2 Å². The summed E-state index contributed by atoms with van der Waals surface area (Å²) in [6.45, 7) is 6.60. The van der Waals surface area contributed by atoms with E-state index in [2.05, 4.69) is 13.8 Å². The average Bonchev–Trinajstić information content (AvgIpc) is 2.34. The minimum absolute atomic E-state index is 0.00292. The van der Waals surface area contributed by atoms with Crippen molar-refractivity contribution in [1.82, 2.24) is 4.31 Å². The number of sulfonamides is 1. The van der Waals surface area contributed by atoms with Gasteiger partial charge in [-0.15, -0.1) is 0 Å². The normalized spacial score (nSPS) is 29.3. The van der Waals surface area contributed by atoms with Crippen molar-refractivity contribution in [3.63, 3.8) is 0 Å². The lowest BCUT2D eigenvalue weighted by molar-refractivity contribution is 0.157. The number of hydrogen-bond donors (Lipinski definition) is 1. The lowest BCUT2D eigenvalue weighted by Gasteiger charge is -2.40. The molecule has 106 valence electrons. The minimum Gasteiger partial charge on any atom is -0.507 e. The van der Waals surface area contributed by atoms with Crippen molar-refractivity contribution in [3.05, 3.63) is 24.3 Å². The molecule has 4 nitrogen and oxygen atoms in total. The van der Waals surface area contributed by atoms with Gasteiger partial charge in [-0.3, -0.25) is 0 Å². The molecule has 1 N–H and O–H groups in total. The number of aromatic hydroxyl groups is 1. The van der Waals surface area contributed by atoms with Crippen LogP contribution in [0.2, 0.25) is 0 Å². The summed E-state index contributed by atoms with van der Waals surface area (Å²) in [5.41, 5.74) is 0. The highest BCUT2D eigenvalue weighted by Gasteiger charge is 2.38. The van der Waals surface area contributed by atoms with Crippen molar-refractivity contribution in [2.75, 3.05) is 6.54 Å². The summed E-state index contributed by atoms with van der Waals surface area (Å²) in [5.74, 6) is 0.483. The van der Waals surface area contributed by atoms with E-state index in [9.17, 15) is 13.5 Å². The second kappa shape index (κ2) is 5.13. The summed E-state index contributed by atoms with van der Waals surface area (Å²) in [4.78, 5) is 0.00292. The molecule has 0 bridgehead atoms. The van der Waals surface area contributed by atoms with Gasteiger partial charge in [-0.2, -0.15) is 4.31 Å². The predicted octanol–water partition coefficient (Wildman–Crippen LogP) is 2.45. The molecule has 0 aromatic heterocycles. The zero-order chi connectivity index (χ0) is 14.2. The SMILES string of the molecule is CC1CC(C)C(C)N(S(=O)(=O)c2ccccc2O)C1. The van der Waals surface area contributed by atoms with E-state index >= 15 is 0 Å². The number of benzene rings is 1. The molecular weight excluding hydrogens is 262 g/mol. The van der Waals surface area contributed by atoms with Gasteiger partial charge in [-0.05, 0) is 37.3 Å². The van der Waals surface area contributed by atoms with Crippen LogP contribution in [0.4, 0.5) is 0 Å². The molecule has 0 spiro atoms. The van der Waals surface area contributed by atoms with Crippen LogP contribution in [0.5, 0.6) is 5.75 Å². The molecule has 2 rings (SSSR count). The fraction of sp³-hybridized carbons (Fsp3) is 0.571. The van der Waals surface area contributed by atoms with Gasteiger partial charge in [-0.25, -0.2) is 8.42 Å². The van der Waals surface area contributed by atoms with Crippen molar-refractivity contribution < 1.29 is 13.5 Å². The third-order valence-corrected chi connectivity index (χ3v) is 6.00. The maximum atomic E-state index is 12.7. The first kappa shape index (κ1) is 14.3. The molecule has 0 radical (unpaired) electrons. The van der Waals surface area contributed by atoms with E-state index in [0.717, 1.165) is 6.42 Å². The Kier molecular flexibility index (Phi) is 3.87. The lowest BCUT2D eigenvalue weighted by atomic mass is 9.88. The second-order valence-electron chi connectivity index (χ2n) is 5.60. The Morgan fingerprint density at radius 3 is 2.47 bits per heavy atom. The number of rotatable bonds is 2. The third kappa shape index (κ3) is 2.62. The largest absolute Gasteiger partial charge is 0.507 e. The topological polar surface area (TPSA) is 57.6 Å². The van der Waals surface area contributed by atoms with E-state index < -0.39 is 10.0 Å². The Labute approximate surface area is 115 Å². The van der Waals surface area contributed by atoms with Gasteiger partial charge in [0.05, 0.1) is 0 Å². The standard InChI is InChI=1S/C14H21NO3S/c1-10-8-11(2)12(3)15(9-10)19(17,18)14-7-5-4-6-13(14)16/h4-7,10-12,16H,8-9H2,1-3H3. The number of phenolic OH excluding ortho intramolecular Hbond substituents is 1. The quantitative estimate of drug-likeness (QED) is 0.907. The van der Waals surface area contributed by atoms with Crippen molar-refractivity contribution in [1.29, 1.82) is 0 Å². The van der Waals surface area contributed by atoms with Crippen molar-refractivity contribution in [2.24, 2.45) is 11.8 Å². The molecule has 1 aliphatic heterocycles. The lowest BCUT2D eigenvalue weighted by Crippen LogP contribution is -2.48. The van der Waals surface area contributed by atoms with Crippen LogP contribution in [-0.4, -0.2) is 30.4 Å². The highest BCUT2D eigenvalue weighted by molar-refractivity contribution is 7.89. The summed E-state index contributed by atoms with van der Waals surface area (Å²) >= 11 is 0. The molecular formula is C14H21NO3S. The van der Waals surface area contributed by atoms with Crippen LogP contribution < -0.4 is 0 Å². The molecule has 1 fully saturated rings. The first-order valence-corrected chi connectivity index (χ1v) is 8.08. The van der Waals surface area contributed by atoms with Gasteiger partial charge < -0.3 is 5.11 Å². The van der Waals surface area contributed by atoms with Gasteiger partial charge in [0.25, 0.3) is 0 Å². The Balaban J connectivity index is 2.42. The Morgan fingerprint density at radius 1 is 1.21 bits per heavy atom. The van der Waals surface area contributed by atoms with Gasteiger partial charge in [0.15, 0.2) is 0 Å². The molecule has 1 heterocycles. The molecule has 0 amide bonds. The highest BCUT2D eigenvalue weighted by atomic mass is 32.2. The van der Waals surface area contributed by atoms with Gasteiger partial charge in [0.2, 0.25) is 10.0 Å². The fourth-order valence-electron chi connectivity index (χ4n) is 2.78. The van der Waals surface area contributed by atoms with E-state index in [1.807, 2.05) is 6.92 Å². The van der Waals surface area contributed by atoms with Crippen molar-refractivity contribution >= 4 is 10.0 Å². The smallest absolute Gasteiger partial charge is 0.247 e. The molecule has 1 aliphatic rings. The van der Waals surface area contributed by atoms with Crippen LogP contribution in [0, 0.1) is 11.8 Å². The van der Waals surface area contributed by atoms with Crippen LogP contribution in [0.25, 0.3) is 0 Å². The predicted molar refractivity (Wildman–Crippen MR) is 74.4 cm³/mol. The van der Waals surface area contributed by atoms with Crippen LogP contribution in [-0.2, 0) is 10.0 Å². The summed E-state index contributed by atoms with van der Waals surface area (Å²) in [6.07, 6.45) is 1.04. The number of phenols is 1. The van der Waals surface area contributed by atoms with Gasteiger partial charge >= 0.3 is 0 Å². The number of piperidine rings is 1. The Morgan fingerprint density at radius 2 is 1.84 bits per heavy atom. The summed E-state index contributed by atoms with van der Waals surface area (Å²) < 4.78 is 26.9. The van der Waals surface area contributed by atoms with E-state index in [1.165, 1.54) is 16.4 Å². The first-order chi connectivity index (χ1) is 8.84. The van der Waals surface area contributed by atoms with Gasteiger partial charge in [0.1, 0.15) is 10.6 Å². The molecule has 19 heavy (non-hydrogen) atoms. The maximum Gasteiger partial charge on any atom is 0.247 e. The third-order valence-electron chi connectivity index (χ3n) is 4.00. The summed E-state index contributed by atoms with van der Waals surface area (Å²) in [5, 5.41) is 9.79. The molecule has 3 atom stereocenters. The Hall–Kier alpha value is -1.07. The van der Waals surface area contributed by atoms with Crippen molar-refractivity contribution in [3.8, 4) is 5.75 Å². The molecule has 0 aliphatic carbocycles. The highest BCUT2D eigenvalue weighted by Crippen LogP contribution is 2.33. The van der Waals surface area contributed by atoms with E-state index in [-0.39, 0.29) is 16.7 Å². The summed E-state index contributed by atoms with van der Waals surface area (Å²) in [7, 11) is -3.62. The average molecular weight is 283 g/mol. The maximum absolute atomic E-state index is 12.7. The van der Waals surface area contributed by atoms with Gasteiger partial charge in [-0.1, -0.05) is 26.0 Å². The molecule has 5 heteroatoms. The van der Waals surface area contributed by atoms with E-state index in [4.69, 9.17) is 0 Å². The van der Waals surface area contributed by atoms with Crippen LogP contribution in [0.3, 0.4) is 0 Å². The minimum atomic E-state index is -3.62. The van der Waals surface area contributed by atoms with Gasteiger partial charge in [0, 0.05) is 12.6 Å². The number of nitrogens with zero attached hydrogens (tertiary/aromatic N) is 1. The van der Waals surface area contributed by atoms with E-state index in [0.29, 0.717) is 18.4 Å². The molecule has 1 aromatic rings. The molecule has 1 saturated heterocycles. The monoisotopic (exact) mass is 283 g/mol. The Bertz CT molecular complexity index is 556. The number of hydrogen-bond acceptors (Lipinski definition) is 3. The fourth-order valence-corrected chi connectivity index (χ4v) is 4.71. The second-order valence-corrected chi connectivity index (χ2v) is 7.46. The molecule has 1 aromatic carbocycles. The first-order valence-electron chi connectivity index (χ1n) is 6.64. The zero-order valence-corrected chi connectivity index (χ0v) is 12.4. The zero-order valence-electron chi connectivity index (χ0n) is 11.6. The molecule has 0 saturated carbocycles. The molecule has 3 unspecified atom stereocenters. The van der Waals surface area contributed by atoms with Crippen molar-refractivity contribution in [2.45, 2.75) is 38.1 Å². The van der Waals surface area contributed by atoms with Crippen LogP contribution >= 0.6 is 0 Å². The number of para-hydroxylation sites is 1. The summed E-state index contributed by atoms with van der Waals surface area (Å²) in [6, 6.07) is 6.09. The van der Waals surface area contributed by atoms with E-state index in [1.54, 1.807) is 12.1 Å². The van der Waals surface area contributed by atoms with Crippen LogP contribution in [0.1, 0.15) is 27.2 Å².